The summed E-state index contributed by atoms with van der Waals surface area (Å²) in [5.74, 6) is 0.461. The van der Waals surface area contributed by atoms with Crippen molar-refractivity contribution in [1.29, 1.82) is 0 Å². The lowest BCUT2D eigenvalue weighted by Gasteiger charge is -2.28. The van der Waals surface area contributed by atoms with E-state index in [9.17, 15) is 4.39 Å². The highest BCUT2D eigenvalue weighted by Gasteiger charge is 2.19. The van der Waals surface area contributed by atoms with Gasteiger partial charge in [-0.2, -0.15) is 0 Å². The van der Waals surface area contributed by atoms with Gasteiger partial charge in [0, 0.05) is 11.1 Å². The van der Waals surface area contributed by atoms with E-state index < -0.39 is 0 Å². The molecule has 15 heavy (non-hydrogen) atoms. The Bertz CT molecular complexity index is 325. The fourth-order valence-electron chi connectivity index (χ4n) is 2.06. The quantitative estimate of drug-likeness (QED) is 0.774. The van der Waals surface area contributed by atoms with Gasteiger partial charge in [0.15, 0.2) is 0 Å². The van der Waals surface area contributed by atoms with Gasteiger partial charge < -0.3 is 5.32 Å². The Hall–Kier alpha value is -0.600. The molecule has 3 heteroatoms. The number of piperidine rings is 1. The molecule has 0 radical (unpaired) electrons. The third kappa shape index (κ3) is 2.70. The van der Waals surface area contributed by atoms with Gasteiger partial charge in [-0.3, -0.25) is 0 Å². The normalized spacial score (nSPS) is 26.6. The molecule has 2 atom stereocenters. The average Bonchev–Trinajstić information content (AvgIpc) is 2.17. The van der Waals surface area contributed by atoms with E-state index in [2.05, 4.69) is 12.2 Å². The molecule has 0 bridgehead atoms. The number of hydrogen-bond acceptors (Lipinski definition) is 1. The topological polar surface area (TPSA) is 12.0 Å². The Kier molecular flexibility index (Phi) is 3.27. The first-order valence-electron chi connectivity index (χ1n) is 5.34. The highest BCUT2D eigenvalue weighted by atomic mass is 35.5. The molecule has 1 nitrogen and oxygen atoms in total. The maximum absolute atomic E-state index is 13.1. The van der Waals surface area contributed by atoms with E-state index in [1.54, 1.807) is 6.07 Å². The summed E-state index contributed by atoms with van der Waals surface area (Å²) in [5, 5.41) is 3.89. The first kappa shape index (κ1) is 10.9. The summed E-state index contributed by atoms with van der Waals surface area (Å²) in [4.78, 5) is 0. The molecule has 1 heterocycles. The van der Waals surface area contributed by atoms with Gasteiger partial charge in [0.05, 0.1) is 0 Å². The third-order valence-electron chi connectivity index (χ3n) is 2.95. The lowest BCUT2D eigenvalue weighted by atomic mass is 9.92. The molecule has 1 unspecified atom stereocenters. The maximum atomic E-state index is 13.1. The maximum Gasteiger partial charge on any atom is 0.125 e. The van der Waals surface area contributed by atoms with Gasteiger partial charge in [0.1, 0.15) is 5.82 Å². The minimum Gasteiger partial charge on any atom is -0.310 e. The number of nitrogens with one attached hydrogen (secondary N) is 1. The predicted molar refractivity (Wildman–Crippen MR) is 60.6 cm³/mol. The van der Waals surface area contributed by atoms with Crippen LogP contribution in [0.5, 0.6) is 0 Å². The van der Waals surface area contributed by atoms with Crippen LogP contribution in [-0.2, 0) is 0 Å². The van der Waals surface area contributed by atoms with E-state index in [-0.39, 0.29) is 11.9 Å². The zero-order valence-corrected chi connectivity index (χ0v) is 9.52. The highest BCUT2D eigenvalue weighted by molar-refractivity contribution is 6.30. The molecule has 1 saturated heterocycles. The molecule has 1 N–H and O–H groups in total. The van der Waals surface area contributed by atoms with Crippen LogP contribution in [0.4, 0.5) is 4.39 Å². The van der Waals surface area contributed by atoms with Crippen LogP contribution in [0.15, 0.2) is 18.2 Å². The van der Waals surface area contributed by atoms with Crippen molar-refractivity contribution < 1.29 is 4.39 Å². The highest BCUT2D eigenvalue weighted by Crippen LogP contribution is 2.27. The van der Waals surface area contributed by atoms with E-state index in [0.717, 1.165) is 18.5 Å². The number of rotatable bonds is 1. The van der Waals surface area contributed by atoms with Gasteiger partial charge in [-0.1, -0.05) is 18.5 Å². The zero-order chi connectivity index (χ0) is 10.8. The van der Waals surface area contributed by atoms with E-state index >= 15 is 0 Å². The van der Waals surface area contributed by atoms with Gasteiger partial charge in [-0.25, -0.2) is 4.39 Å². The second-order valence-corrected chi connectivity index (χ2v) is 4.78. The Balaban J connectivity index is 2.15. The molecule has 82 valence electrons. The van der Waals surface area contributed by atoms with Gasteiger partial charge in [-0.15, -0.1) is 0 Å². The lowest BCUT2D eigenvalue weighted by molar-refractivity contribution is 0.332. The first-order chi connectivity index (χ1) is 7.15. The minimum atomic E-state index is -0.252. The summed E-state index contributed by atoms with van der Waals surface area (Å²) in [6.45, 7) is 3.22. The third-order valence-corrected chi connectivity index (χ3v) is 3.17. The van der Waals surface area contributed by atoms with Crippen LogP contribution >= 0.6 is 11.6 Å². The molecule has 1 aliphatic heterocycles. The van der Waals surface area contributed by atoms with Gasteiger partial charge >= 0.3 is 0 Å². The van der Waals surface area contributed by atoms with Crippen molar-refractivity contribution in [1.82, 2.24) is 5.32 Å². The van der Waals surface area contributed by atoms with E-state index in [1.165, 1.54) is 12.5 Å². The Morgan fingerprint density at radius 3 is 2.73 bits per heavy atom. The summed E-state index contributed by atoms with van der Waals surface area (Å²) in [5.41, 5.74) is 0.965. The van der Waals surface area contributed by atoms with Crippen LogP contribution in [0.3, 0.4) is 0 Å². The van der Waals surface area contributed by atoms with Crippen LogP contribution in [0.1, 0.15) is 31.4 Å². The van der Waals surface area contributed by atoms with Crippen molar-refractivity contribution in [2.75, 3.05) is 6.54 Å². The monoisotopic (exact) mass is 227 g/mol. The SMILES string of the molecule is CC1CC[C@@H](c2cc(F)cc(Cl)c2)NC1. The number of hydrogen-bond donors (Lipinski definition) is 1. The molecule has 0 spiro atoms. The van der Waals surface area contributed by atoms with Crippen LogP contribution in [0, 0.1) is 11.7 Å². The molecule has 0 aromatic heterocycles. The minimum absolute atomic E-state index is 0.252. The summed E-state index contributed by atoms with van der Waals surface area (Å²) >= 11 is 5.83. The van der Waals surface area contributed by atoms with E-state index in [4.69, 9.17) is 11.6 Å². The molecule has 0 aliphatic carbocycles. The van der Waals surface area contributed by atoms with Crippen molar-refractivity contribution in [2.45, 2.75) is 25.8 Å². The van der Waals surface area contributed by atoms with Crippen molar-refractivity contribution in [3.05, 3.63) is 34.6 Å². The summed E-state index contributed by atoms with van der Waals surface area (Å²) in [6.07, 6.45) is 2.24. The number of benzene rings is 1. The summed E-state index contributed by atoms with van der Waals surface area (Å²) in [7, 11) is 0. The Morgan fingerprint density at radius 1 is 1.33 bits per heavy atom. The fourth-order valence-corrected chi connectivity index (χ4v) is 2.29. The van der Waals surface area contributed by atoms with E-state index in [1.807, 2.05) is 6.07 Å². The Morgan fingerprint density at radius 2 is 2.13 bits per heavy atom. The second kappa shape index (κ2) is 4.50. The lowest BCUT2D eigenvalue weighted by Crippen LogP contribution is -2.31. The zero-order valence-electron chi connectivity index (χ0n) is 8.76. The smallest absolute Gasteiger partial charge is 0.125 e. The largest absolute Gasteiger partial charge is 0.310 e. The van der Waals surface area contributed by atoms with Gasteiger partial charge in [0.25, 0.3) is 0 Å². The second-order valence-electron chi connectivity index (χ2n) is 4.35. The molecule has 0 saturated carbocycles. The first-order valence-corrected chi connectivity index (χ1v) is 5.72. The van der Waals surface area contributed by atoms with Crippen LogP contribution in [0.2, 0.25) is 5.02 Å². The van der Waals surface area contributed by atoms with Crippen LogP contribution < -0.4 is 5.32 Å². The molecular formula is C12H15ClFN. The molecule has 1 aromatic carbocycles. The standard InChI is InChI=1S/C12H15ClFN/c1-8-2-3-12(15-7-8)9-4-10(13)6-11(14)5-9/h4-6,8,12,15H,2-3,7H2,1H3/t8?,12-/m0/s1. The van der Waals surface area contributed by atoms with Crippen molar-refractivity contribution in [3.63, 3.8) is 0 Å². The van der Waals surface area contributed by atoms with Gasteiger partial charge in [0.2, 0.25) is 0 Å². The molecule has 0 amide bonds. The summed E-state index contributed by atoms with van der Waals surface area (Å²) < 4.78 is 13.1. The van der Waals surface area contributed by atoms with Gasteiger partial charge in [-0.05, 0) is 49.1 Å². The molecule has 1 aliphatic rings. The van der Waals surface area contributed by atoms with Crippen molar-refractivity contribution in [3.8, 4) is 0 Å². The molecule has 1 aromatic rings. The molecule has 2 rings (SSSR count). The fraction of sp³-hybridized carbons (Fsp3) is 0.500. The predicted octanol–water partition coefficient (Wildman–Crippen LogP) is 3.54. The molecular weight excluding hydrogens is 213 g/mol. The Labute approximate surface area is 94.6 Å². The average molecular weight is 228 g/mol. The molecule has 1 fully saturated rings. The van der Waals surface area contributed by atoms with Crippen LogP contribution in [0.25, 0.3) is 0 Å². The van der Waals surface area contributed by atoms with Crippen LogP contribution in [-0.4, -0.2) is 6.54 Å². The summed E-state index contributed by atoms with van der Waals surface area (Å²) in [6, 6.07) is 5.02. The van der Waals surface area contributed by atoms with Crippen molar-refractivity contribution in [2.24, 2.45) is 5.92 Å². The number of halogens is 2. The van der Waals surface area contributed by atoms with E-state index in [0.29, 0.717) is 10.9 Å². The van der Waals surface area contributed by atoms with Crippen molar-refractivity contribution >= 4 is 11.6 Å².